The summed E-state index contributed by atoms with van der Waals surface area (Å²) in [6.07, 6.45) is 5.03. The van der Waals surface area contributed by atoms with Crippen LogP contribution in [0.15, 0.2) is 24.3 Å². The van der Waals surface area contributed by atoms with Crippen molar-refractivity contribution in [1.29, 1.82) is 0 Å². The SMILES string of the molecule is CCC[NH2+]C(C)(C)C(C)(C)CC.CCC[NH2+]C(C)(C)C(C)(C)CC.O=C([O-])c1ccc(C(=O)[O-])cc1. The minimum atomic E-state index is -1.33. The molecular formula is C30H56N2O4. The van der Waals surface area contributed by atoms with Gasteiger partial charge >= 0.3 is 0 Å². The largest absolute Gasteiger partial charge is 0.545 e. The Kier molecular flexibility index (Phi) is 16.1. The molecule has 1 rings (SSSR count). The standard InChI is InChI=1S/2C11H25N.C8H6O4/c2*1-7-9-12-11(5,6)10(3,4)8-2;9-7(10)5-1-2-6(4-3-5)8(11)12/h2*12H,7-9H2,1-6H3;1-4H,(H,9,10)(H,11,12). The van der Waals surface area contributed by atoms with Gasteiger partial charge in [-0.3, -0.25) is 0 Å². The molecule has 0 saturated carbocycles. The molecule has 0 heterocycles. The Bertz CT molecular complexity index is 701. The predicted molar refractivity (Wildman–Crippen MR) is 146 cm³/mol. The van der Waals surface area contributed by atoms with Crippen molar-refractivity contribution in [1.82, 2.24) is 0 Å². The fourth-order valence-electron chi connectivity index (χ4n) is 3.22. The molecule has 4 N–H and O–H groups in total. The van der Waals surface area contributed by atoms with E-state index in [9.17, 15) is 19.8 Å². The van der Waals surface area contributed by atoms with Crippen LogP contribution in [0, 0.1) is 10.8 Å². The molecule has 0 unspecified atom stereocenters. The highest BCUT2D eigenvalue weighted by Gasteiger charge is 2.39. The van der Waals surface area contributed by atoms with Gasteiger partial charge in [0.05, 0.1) is 36.1 Å². The Labute approximate surface area is 221 Å². The normalized spacial score (nSPS) is 12.1. The van der Waals surface area contributed by atoms with Gasteiger partial charge in [0.15, 0.2) is 0 Å². The summed E-state index contributed by atoms with van der Waals surface area (Å²) in [7, 11) is 0. The molecule has 1 aromatic carbocycles. The summed E-state index contributed by atoms with van der Waals surface area (Å²) in [6.45, 7) is 30.4. The van der Waals surface area contributed by atoms with E-state index in [2.05, 4.69) is 93.7 Å². The predicted octanol–water partition coefficient (Wildman–Crippen LogP) is 2.76. The van der Waals surface area contributed by atoms with Gasteiger partial charge in [0.25, 0.3) is 0 Å². The molecule has 0 bridgehead atoms. The molecule has 0 aliphatic carbocycles. The van der Waals surface area contributed by atoms with E-state index < -0.39 is 11.9 Å². The van der Waals surface area contributed by atoms with Crippen LogP contribution in [0.3, 0.4) is 0 Å². The number of quaternary nitrogens is 2. The van der Waals surface area contributed by atoms with Crippen molar-refractivity contribution in [3.63, 3.8) is 0 Å². The van der Waals surface area contributed by atoms with E-state index in [0.717, 1.165) is 24.3 Å². The number of rotatable bonds is 12. The maximum Gasteiger partial charge on any atom is 0.0955 e. The topological polar surface area (TPSA) is 113 Å². The second kappa shape index (κ2) is 16.0. The van der Waals surface area contributed by atoms with Crippen LogP contribution in [0.25, 0.3) is 0 Å². The number of carboxylic acids is 2. The number of carbonyl (C=O) groups excluding carboxylic acids is 2. The van der Waals surface area contributed by atoms with Gasteiger partial charge in [-0.15, -0.1) is 0 Å². The van der Waals surface area contributed by atoms with E-state index in [4.69, 9.17) is 0 Å². The first-order valence-corrected chi connectivity index (χ1v) is 13.6. The van der Waals surface area contributed by atoms with Crippen molar-refractivity contribution >= 4 is 11.9 Å². The van der Waals surface area contributed by atoms with E-state index in [1.165, 1.54) is 38.8 Å². The molecule has 36 heavy (non-hydrogen) atoms. The van der Waals surface area contributed by atoms with Crippen molar-refractivity contribution in [3.05, 3.63) is 35.4 Å². The number of carbonyl (C=O) groups is 2. The van der Waals surface area contributed by atoms with Crippen LogP contribution in [0.1, 0.15) is 129 Å². The molecular weight excluding hydrogens is 452 g/mol. The zero-order valence-electron chi connectivity index (χ0n) is 25.3. The molecule has 0 atom stereocenters. The summed E-state index contributed by atoms with van der Waals surface area (Å²) in [4.78, 5) is 20.4. The maximum atomic E-state index is 10.2. The van der Waals surface area contributed by atoms with Crippen molar-refractivity contribution < 1.29 is 30.4 Å². The van der Waals surface area contributed by atoms with Gasteiger partial charge in [-0.25, -0.2) is 0 Å². The second-order valence-corrected chi connectivity index (χ2v) is 12.1. The van der Waals surface area contributed by atoms with E-state index in [0.29, 0.717) is 21.9 Å². The number of nitrogens with two attached hydrogens (primary N) is 2. The maximum absolute atomic E-state index is 10.2. The molecule has 6 nitrogen and oxygen atoms in total. The number of carboxylic acid groups (broad SMARTS) is 2. The van der Waals surface area contributed by atoms with Crippen LogP contribution in [0.5, 0.6) is 0 Å². The molecule has 0 aromatic heterocycles. The Hall–Kier alpha value is -1.92. The second-order valence-electron chi connectivity index (χ2n) is 12.1. The van der Waals surface area contributed by atoms with Crippen LogP contribution in [0.4, 0.5) is 0 Å². The number of hydrogen-bond donors (Lipinski definition) is 2. The van der Waals surface area contributed by atoms with E-state index in [-0.39, 0.29) is 11.1 Å². The molecule has 1 aromatic rings. The summed E-state index contributed by atoms with van der Waals surface area (Å²) in [5.74, 6) is -2.67. The van der Waals surface area contributed by atoms with Crippen LogP contribution in [-0.2, 0) is 0 Å². The van der Waals surface area contributed by atoms with Crippen LogP contribution < -0.4 is 20.8 Å². The Balaban J connectivity index is 0. The Morgan fingerprint density at radius 2 is 0.861 bits per heavy atom. The van der Waals surface area contributed by atoms with Crippen molar-refractivity contribution in [3.8, 4) is 0 Å². The zero-order valence-corrected chi connectivity index (χ0v) is 25.3. The quantitative estimate of drug-likeness (QED) is 0.452. The first-order valence-electron chi connectivity index (χ1n) is 13.6. The molecule has 0 aliphatic rings. The molecule has 0 amide bonds. The van der Waals surface area contributed by atoms with Gasteiger partial charge < -0.3 is 30.4 Å². The average molecular weight is 509 g/mol. The number of aromatic carboxylic acids is 2. The fraction of sp³-hybridized carbons (Fsp3) is 0.733. The van der Waals surface area contributed by atoms with E-state index in [1.54, 1.807) is 0 Å². The Morgan fingerprint density at radius 3 is 1.03 bits per heavy atom. The van der Waals surface area contributed by atoms with Gasteiger partial charge in [-0.05, 0) is 64.5 Å². The minimum Gasteiger partial charge on any atom is -0.545 e. The summed E-state index contributed by atoms with van der Waals surface area (Å²) in [5, 5.41) is 25.4. The number of hydrogen-bond acceptors (Lipinski definition) is 4. The highest BCUT2D eigenvalue weighted by molar-refractivity contribution is 5.89. The first-order chi connectivity index (χ1) is 16.4. The van der Waals surface area contributed by atoms with Crippen molar-refractivity contribution in [2.24, 2.45) is 10.8 Å². The molecule has 6 heteroatoms. The summed E-state index contributed by atoms with van der Waals surface area (Å²) in [6, 6.07) is 4.61. The number of benzene rings is 1. The summed E-state index contributed by atoms with van der Waals surface area (Å²) >= 11 is 0. The molecule has 0 saturated heterocycles. The highest BCUT2D eigenvalue weighted by Crippen LogP contribution is 2.31. The van der Waals surface area contributed by atoms with Gasteiger partial charge in [-0.1, -0.05) is 79.7 Å². The molecule has 0 aliphatic heterocycles. The van der Waals surface area contributed by atoms with Crippen LogP contribution in [0.2, 0.25) is 0 Å². The third-order valence-electron chi connectivity index (χ3n) is 8.50. The first kappa shape index (κ1) is 36.2. The highest BCUT2D eigenvalue weighted by atomic mass is 16.4. The van der Waals surface area contributed by atoms with Crippen molar-refractivity contribution in [2.45, 2.75) is 120 Å². The minimum absolute atomic E-state index is 0.0556. The fourth-order valence-corrected chi connectivity index (χ4v) is 3.22. The zero-order chi connectivity index (χ0) is 28.8. The smallest absolute Gasteiger partial charge is 0.0955 e. The monoisotopic (exact) mass is 508 g/mol. The summed E-state index contributed by atoms with van der Waals surface area (Å²) in [5.41, 5.74) is 1.50. The van der Waals surface area contributed by atoms with Gasteiger partial charge in [-0.2, -0.15) is 0 Å². The molecule has 0 radical (unpaired) electrons. The van der Waals surface area contributed by atoms with Crippen LogP contribution in [-0.4, -0.2) is 36.1 Å². The average Bonchev–Trinajstić information content (AvgIpc) is 2.82. The van der Waals surface area contributed by atoms with Crippen LogP contribution >= 0.6 is 0 Å². The molecule has 0 spiro atoms. The third-order valence-corrected chi connectivity index (χ3v) is 8.50. The lowest BCUT2D eigenvalue weighted by atomic mass is 9.72. The third kappa shape index (κ3) is 12.4. The lowest BCUT2D eigenvalue weighted by Gasteiger charge is -2.38. The van der Waals surface area contributed by atoms with E-state index in [1.807, 2.05) is 0 Å². The lowest BCUT2D eigenvalue weighted by molar-refractivity contribution is -0.735. The molecule has 0 fully saturated rings. The summed E-state index contributed by atoms with van der Waals surface area (Å²) < 4.78 is 0. The molecule has 210 valence electrons. The Morgan fingerprint density at radius 1 is 0.611 bits per heavy atom. The van der Waals surface area contributed by atoms with E-state index >= 15 is 0 Å². The lowest BCUT2D eigenvalue weighted by Crippen LogP contribution is -2.98. The van der Waals surface area contributed by atoms with Crippen molar-refractivity contribution in [2.75, 3.05) is 13.1 Å². The van der Waals surface area contributed by atoms with Gasteiger partial charge in [0.1, 0.15) is 0 Å². The van der Waals surface area contributed by atoms with Gasteiger partial charge in [0.2, 0.25) is 0 Å². The van der Waals surface area contributed by atoms with Gasteiger partial charge in [0, 0.05) is 10.8 Å².